The smallest absolute Gasteiger partial charge is 0.341 e. The third-order valence-corrected chi connectivity index (χ3v) is 5.81. The van der Waals surface area contributed by atoms with Gasteiger partial charge in [-0.05, 0) is 44.7 Å². The average molecular weight is 404 g/mol. The zero-order chi connectivity index (χ0) is 19.9. The Morgan fingerprint density at radius 3 is 3.00 bits per heavy atom. The highest BCUT2D eigenvalue weighted by Gasteiger charge is 2.26. The summed E-state index contributed by atoms with van der Waals surface area (Å²) >= 11 is 1.38. The fourth-order valence-corrected chi connectivity index (χ4v) is 4.19. The van der Waals surface area contributed by atoms with E-state index in [4.69, 9.17) is 9.26 Å². The number of ether oxygens (including phenoxy) is 1. The molecule has 0 aromatic carbocycles. The van der Waals surface area contributed by atoms with E-state index >= 15 is 0 Å². The van der Waals surface area contributed by atoms with Crippen molar-refractivity contribution < 1.29 is 18.8 Å². The first-order valence-corrected chi connectivity index (χ1v) is 10.5. The van der Waals surface area contributed by atoms with E-state index in [0.717, 1.165) is 43.7 Å². The molecule has 3 heterocycles. The number of rotatable bonds is 7. The second kappa shape index (κ2) is 9.73. The zero-order valence-corrected chi connectivity index (χ0v) is 17.0. The Bertz CT molecular complexity index is 823. The lowest BCUT2D eigenvalue weighted by Gasteiger charge is -2.35. The first kappa shape index (κ1) is 20.4. The summed E-state index contributed by atoms with van der Waals surface area (Å²) in [6.07, 6.45) is 5.70. The van der Waals surface area contributed by atoms with Crippen molar-refractivity contribution in [1.82, 2.24) is 15.0 Å². The first-order chi connectivity index (χ1) is 13.6. The summed E-state index contributed by atoms with van der Waals surface area (Å²) < 4.78 is 10.4. The molecule has 1 fully saturated rings. The van der Waals surface area contributed by atoms with Crippen molar-refractivity contribution in [2.75, 3.05) is 13.2 Å². The van der Waals surface area contributed by atoms with Crippen LogP contribution in [0.15, 0.2) is 33.9 Å². The van der Waals surface area contributed by atoms with Gasteiger partial charge in [-0.2, -0.15) is 0 Å². The number of thioether (sulfide) groups is 1. The van der Waals surface area contributed by atoms with Crippen LogP contribution in [0.1, 0.15) is 54.4 Å². The maximum Gasteiger partial charge on any atom is 0.341 e. The van der Waals surface area contributed by atoms with Gasteiger partial charge in [-0.25, -0.2) is 9.78 Å². The minimum Gasteiger partial charge on any atom is -0.452 e. The Hall–Kier alpha value is -2.35. The number of piperidine rings is 1. The normalized spacial score (nSPS) is 16.8. The molecule has 1 aliphatic rings. The van der Waals surface area contributed by atoms with Gasteiger partial charge in [0.1, 0.15) is 10.8 Å². The highest BCUT2D eigenvalue weighted by atomic mass is 32.2. The van der Waals surface area contributed by atoms with Crippen molar-refractivity contribution in [2.45, 2.75) is 56.4 Å². The number of hydrogen-bond acceptors (Lipinski definition) is 7. The summed E-state index contributed by atoms with van der Waals surface area (Å²) in [5.41, 5.74) is 1.13. The molecule has 0 saturated carbocycles. The van der Waals surface area contributed by atoms with Crippen molar-refractivity contribution in [3.05, 3.63) is 41.4 Å². The second-order valence-corrected chi connectivity index (χ2v) is 7.76. The minimum absolute atomic E-state index is 0.129. The first-order valence-electron chi connectivity index (χ1n) is 9.55. The molecule has 0 N–H and O–H groups in total. The molecule has 1 amide bonds. The number of nitrogens with zero attached hydrogens (tertiary/aromatic N) is 3. The van der Waals surface area contributed by atoms with Crippen LogP contribution in [0.2, 0.25) is 0 Å². The van der Waals surface area contributed by atoms with Crippen LogP contribution in [-0.2, 0) is 15.3 Å². The Morgan fingerprint density at radius 1 is 1.39 bits per heavy atom. The molecule has 1 aliphatic heterocycles. The number of aromatic nitrogens is 2. The van der Waals surface area contributed by atoms with Crippen molar-refractivity contribution in [1.29, 1.82) is 0 Å². The number of esters is 1. The van der Waals surface area contributed by atoms with Crippen LogP contribution in [0.3, 0.4) is 0 Å². The van der Waals surface area contributed by atoms with Crippen LogP contribution in [0.5, 0.6) is 0 Å². The maximum atomic E-state index is 12.5. The molecule has 0 aliphatic carbocycles. The summed E-state index contributed by atoms with van der Waals surface area (Å²) in [5, 5.41) is 4.49. The topological polar surface area (TPSA) is 85.5 Å². The highest BCUT2D eigenvalue weighted by molar-refractivity contribution is 7.98. The summed E-state index contributed by atoms with van der Waals surface area (Å²) in [7, 11) is 0. The fraction of sp³-hybridized carbons (Fsp3) is 0.500. The Kier molecular flexibility index (Phi) is 7.08. The van der Waals surface area contributed by atoms with Gasteiger partial charge in [0.05, 0.1) is 11.3 Å². The van der Waals surface area contributed by atoms with Crippen molar-refractivity contribution >= 4 is 23.6 Å². The lowest BCUT2D eigenvalue weighted by atomic mass is 10.00. The molecule has 3 rings (SSSR count). The van der Waals surface area contributed by atoms with Crippen LogP contribution in [0, 0.1) is 6.92 Å². The van der Waals surface area contributed by atoms with E-state index in [1.807, 2.05) is 17.9 Å². The minimum atomic E-state index is -0.537. The van der Waals surface area contributed by atoms with E-state index < -0.39 is 5.97 Å². The molecule has 1 atom stereocenters. The van der Waals surface area contributed by atoms with Gasteiger partial charge in [0.15, 0.2) is 6.61 Å². The maximum absolute atomic E-state index is 12.5. The summed E-state index contributed by atoms with van der Waals surface area (Å²) in [6, 6.07) is 5.43. The molecular formula is C20H25N3O4S. The molecule has 28 heavy (non-hydrogen) atoms. The van der Waals surface area contributed by atoms with Crippen LogP contribution in [0.4, 0.5) is 0 Å². The van der Waals surface area contributed by atoms with Crippen molar-refractivity contribution in [3.63, 3.8) is 0 Å². The number of aryl methyl sites for hydroxylation is 1. The number of carbonyl (C=O) groups is 2. The van der Waals surface area contributed by atoms with E-state index in [1.54, 1.807) is 18.3 Å². The molecular weight excluding hydrogens is 378 g/mol. The van der Waals surface area contributed by atoms with Gasteiger partial charge in [0, 0.05) is 30.6 Å². The van der Waals surface area contributed by atoms with Gasteiger partial charge in [-0.3, -0.25) is 4.79 Å². The standard InChI is InChI=1S/C20H25N3O4S/c1-3-16-7-4-5-10-23(16)18(24)12-26-20(25)17-8-6-9-21-19(17)28-13-15-11-14(2)27-22-15/h6,8-9,11,16H,3-5,7,10,12-13H2,1-2H3/t16-/m0/s1. The molecule has 7 nitrogen and oxygen atoms in total. The van der Waals surface area contributed by atoms with Crippen LogP contribution in [0.25, 0.3) is 0 Å². The monoisotopic (exact) mass is 403 g/mol. The number of pyridine rings is 1. The number of amides is 1. The summed E-state index contributed by atoms with van der Waals surface area (Å²) in [4.78, 5) is 31.2. The Labute approximate surface area is 168 Å². The molecule has 0 unspecified atom stereocenters. The van der Waals surface area contributed by atoms with Gasteiger partial charge in [0.2, 0.25) is 0 Å². The molecule has 2 aromatic heterocycles. The quantitative estimate of drug-likeness (QED) is 0.515. The third kappa shape index (κ3) is 5.13. The van der Waals surface area contributed by atoms with Gasteiger partial charge in [-0.15, -0.1) is 0 Å². The van der Waals surface area contributed by atoms with Crippen LogP contribution >= 0.6 is 11.8 Å². The van der Waals surface area contributed by atoms with Gasteiger partial charge in [0.25, 0.3) is 5.91 Å². The van der Waals surface area contributed by atoms with Crippen molar-refractivity contribution in [3.8, 4) is 0 Å². The average Bonchev–Trinajstić information content (AvgIpc) is 3.15. The molecule has 1 saturated heterocycles. The molecule has 150 valence electrons. The van der Waals surface area contributed by atoms with E-state index in [-0.39, 0.29) is 18.6 Å². The summed E-state index contributed by atoms with van der Waals surface area (Å²) in [6.45, 7) is 4.40. The van der Waals surface area contributed by atoms with E-state index in [9.17, 15) is 9.59 Å². The van der Waals surface area contributed by atoms with Crippen LogP contribution < -0.4 is 0 Å². The molecule has 2 aromatic rings. The summed E-state index contributed by atoms with van der Waals surface area (Å²) in [5.74, 6) is 0.596. The Balaban J connectivity index is 1.58. The lowest BCUT2D eigenvalue weighted by molar-refractivity contribution is -0.138. The van der Waals surface area contributed by atoms with Gasteiger partial charge in [-0.1, -0.05) is 23.8 Å². The van der Waals surface area contributed by atoms with Crippen molar-refractivity contribution in [2.24, 2.45) is 0 Å². The zero-order valence-electron chi connectivity index (χ0n) is 16.2. The lowest BCUT2D eigenvalue weighted by Crippen LogP contribution is -2.45. The molecule has 8 heteroatoms. The SMILES string of the molecule is CC[C@H]1CCCCN1C(=O)COC(=O)c1cccnc1SCc1cc(C)on1. The molecule has 0 spiro atoms. The van der Waals surface area contributed by atoms with E-state index in [2.05, 4.69) is 17.1 Å². The van der Waals surface area contributed by atoms with Gasteiger partial charge >= 0.3 is 5.97 Å². The van der Waals surface area contributed by atoms with E-state index in [0.29, 0.717) is 16.3 Å². The third-order valence-electron chi connectivity index (χ3n) is 4.77. The molecule has 0 bridgehead atoms. The second-order valence-electron chi connectivity index (χ2n) is 6.79. The van der Waals surface area contributed by atoms with Crippen LogP contribution in [-0.4, -0.2) is 46.1 Å². The fourth-order valence-electron chi connectivity index (χ4n) is 3.33. The largest absolute Gasteiger partial charge is 0.452 e. The highest BCUT2D eigenvalue weighted by Crippen LogP contribution is 2.25. The van der Waals surface area contributed by atoms with Gasteiger partial charge < -0.3 is 14.2 Å². The molecule has 0 radical (unpaired) electrons. The number of carbonyl (C=O) groups excluding carboxylic acids is 2. The number of likely N-dealkylation sites (tertiary alicyclic amines) is 1. The Morgan fingerprint density at radius 2 is 2.25 bits per heavy atom. The number of hydrogen-bond donors (Lipinski definition) is 0. The predicted octanol–water partition coefficient (Wildman–Crippen LogP) is 3.62. The van der Waals surface area contributed by atoms with E-state index in [1.165, 1.54) is 11.8 Å². The predicted molar refractivity (Wildman–Crippen MR) is 105 cm³/mol.